The van der Waals surface area contributed by atoms with Crippen LogP contribution in [0.4, 0.5) is 5.69 Å². The van der Waals surface area contributed by atoms with Crippen LogP contribution >= 0.6 is 0 Å². The molecule has 23 heavy (non-hydrogen) atoms. The standard InChI is InChI=1S/C15H22N2O5S/c1-5-23(19,20)17(9-14(18)16-15(2,3)4)11-6-7-12-13(8-11)22-10-21-12/h6-8H,5,9-10H2,1-4H3,(H,16,18). The average Bonchev–Trinajstić information content (AvgIpc) is 2.90. The third kappa shape index (κ3) is 4.28. The van der Waals surface area contributed by atoms with Gasteiger partial charge in [0.15, 0.2) is 11.5 Å². The van der Waals surface area contributed by atoms with Gasteiger partial charge in [-0.15, -0.1) is 0 Å². The zero-order valence-electron chi connectivity index (χ0n) is 13.8. The number of nitrogens with zero attached hydrogens (tertiary/aromatic N) is 1. The Hall–Kier alpha value is -1.96. The molecule has 0 bridgehead atoms. The van der Waals surface area contributed by atoms with Crippen LogP contribution in [0.1, 0.15) is 27.7 Å². The fourth-order valence-electron chi connectivity index (χ4n) is 2.13. The van der Waals surface area contributed by atoms with Gasteiger partial charge in [-0.2, -0.15) is 0 Å². The highest BCUT2D eigenvalue weighted by atomic mass is 32.2. The lowest BCUT2D eigenvalue weighted by molar-refractivity contribution is -0.121. The summed E-state index contributed by atoms with van der Waals surface area (Å²) in [6, 6.07) is 4.81. The lowest BCUT2D eigenvalue weighted by Crippen LogP contribution is -2.47. The minimum Gasteiger partial charge on any atom is -0.454 e. The predicted molar refractivity (Wildman–Crippen MR) is 87.3 cm³/mol. The first-order valence-electron chi connectivity index (χ1n) is 7.33. The first-order valence-corrected chi connectivity index (χ1v) is 8.94. The van der Waals surface area contributed by atoms with Crippen LogP contribution in [0.2, 0.25) is 0 Å². The molecule has 1 aliphatic rings. The van der Waals surface area contributed by atoms with Crippen LogP contribution in [0.3, 0.4) is 0 Å². The molecule has 0 saturated carbocycles. The molecule has 0 fully saturated rings. The molecule has 0 atom stereocenters. The van der Waals surface area contributed by atoms with Crippen molar-refractivity contribution in [3.8, 4) is 11.5 Å². The van der Waals surface area contributed by atoms with E-state index in [4.69, 9.17) is 9.47 Å². The first-order chi connectivity index (χ1) is 10.6. The Bertz CT molecular complexity index is 694. The van der Waals surface area contributed by atoms with Crippen molar-refractivity contribution in [2.45, 2.75) is 33.2 Å². The second-order valence-electron chi connectivity index (χ2n) is 6.24. The van der Waals surface area contributed by atoms with Crippen molar-refractivity contribution in [1.82, 2.24) is 5.32 Å². The summed E-state index contributed by atoms with van der Waals surface area (Å²) in [5, 5.41) is 2.77. The Kier molecular flexibility index (Phi) is 4.74. The van der Waals surface area contributed by atoms with Crippen LogP contribution < -0.4 is 19.1 Å². The summed E-state index contributed by atoms with van der Waals surface area (Å²) in [5.41, 5.74) is -0.0617. The minimum atomic E-state index is -3.61. The Labute approximate surface area is 136 Å². The van der Waals surface area contributed by atoms with E-state index in [0.717, 1.165) is 4.31 Å². The van der Waals surface area contributed by atoms with Crippen LogP contribution in [0, 0.1) is 0 Å². The van der Waals surface area contributed by atoms with Gasteiger partial charge < -0.3 is 14.8 Å². The van der Waals surface area contributed by atoms with Crippen LogP contribution in [0.5, 0.6) is 11.5 Å². The number of nitrogens with one attached hydrogen (secondary N) is 1. The maximum atomic E-state index is 12.4. The second-order valence-corrected chi connectivity index (χ2v) is 8.42. The van der Waals surface area contributed by atoms with E-state index in [1.165, 1.54) is 6.92 Å². The zero-order valence-corrected chi connectivity index (χ0v) is 14.6. The molecule has 0 aromatic heterocycles. The lowest BCUT2D eigenvalue weighted by Gasteiger charge is -2.26. The first kappa shape index (κ1) is 17.4. The van der Waals surface area contributed by atoms with Crippen molar-refractivity contribution in [3.05, 3.63) is 18.2 Å². The number of carbonyl (C=O) groups is 1. The second kappa shape index (κ2) is 6.27. The Morgan fingerprint density at radius 3 is 2.52 bits per heavy atom. The van der Waals surface area contributed by atoms with Gasteiger partial charge in [-0.05, 0) is 39.8 Å². The number of fused-ring (bicyclic) bond motifs is 1. The number of rotatable bonds is 5. The van der Waals surface area contributed by atoms with Gasteiger partial charge in [0.1, 0.15) is 6.54 Å². The van der Waals surface area contributed by atoms with Gasteiger partial charge in [0.2, 0.25) is 22.7 Å². The quantitative estimate of drug-likeness (QED) is 0.876. The topological polar surface area (TPSA) is 84.9 Å². The number of hydrogen-bond acceptors (Lipinski definition) is 5. The Morgan fingerprint density at radius 2 is 1.91 bits per heavy atom. The molecule has 1 aliphatic heterocycles. The number of ether oxygens (including phenoxy) is 2. The van der Waals surface area contributed by atoms with Crippen molar-refractivity contribution < 1.29 is 22.7 Å². The molecule has 8 heteroatoms. The summed E-state index contributed by atoms with van der Waals surface area (Å²) < 4.78 is 36.3. The molecule has 1 heterocycles. The molecule has 2 rings (SSSR count). The van der Waals surface area contributed by atoms with E-state index in [-0.39, 0.29) is 25.0 Å². The Morgan fingerprint density at radius 1 is 1.26 bits per heavy atom. The van der Waals surface area contributed by atoms with Crippen molar-refractivity contribution in [1.29, 1.82) is 0 Å². The van der Waals surface area contributed by atoms with Gasteiger partial charge in [-0.3, -0.25) is 9.10 Å². The van der Waals surface area contributed by atoms with Crippen LogP contribution in [0.25, 0.3) is 0 Å². The molecule has 128 valence electrons. The van der Waals surface area contributed by atoms with Crippen molar-refractivity contribution in [3.63, 3.8) is 0 Å². The zero-order chi connectivity index (χ0) is 17.3. The average molecular weight is 342 g/mol. The summed E-state index contributed by atoms with van der Waals surface area (Å²) in [7, 11) is -3.61. The van der Waals surface area contributed by atoms with Crippen LogP contribution in [0.15, 0.2) is 18.2 Å². The summed E-state index contributed by atoms with van der Waals surface area (Å²) in [6.45, 7) is 6.87. The van der Waals surface area contributed by atoms with E-state index in [0.29, 0.717) is 17.2 Å². The molecule has 0 spiro atoms. The Balaban J connectivity index is 2.30. The molecule has 1 amide bonds. The van der Waals surface area contributed by atoms with Gasteiger partial charge in [-0.1, -0.05) is 0 Å². The minimum absolute atomic E-state index is 0.101. The number of amides is 1. The number of anilines is 1. The SMILES string of the molecule is CCS(=O)(=O)N(CC(=O)NC(C)(C)C)c1ccc2c(c1)OCO2. The number of benzene rings is 1. The van der Waals surface area contributed by atoms with Gasteiger partial charge in [0, 0.05) is 11.6 Å². The number of carbonyl (C=O) groups excluding carboxylic acids is 1. The molecule has 1 aromatic rings. The molecular weight excluding hydrogens is 320 g/mol. The fourth-order valence-corrected chi connectivity index (χ4v) is 3.20. The molecule has 0 saturated heterocycles. The normalized spacial score (nSPS) is 13.7. The summed E-state index contributed by atoms with van der Waals surface area (Å²) in [5.74, 6) is 0.550. The van der Waals surface area contributed by atoms with E-state index >= 15 is 0 Å². The van der Waals surface area contributed by atoms with E-state index in [2.05, 4.69) is 5.32 Å². The highest BCUT2D eigenvalue weighted by Gasteiger charge is 2.27. The van der Waals surface area contributed by atoms with E-state index < -0.39 is 15.6 Å². The predicted octanol–water partition coefficient (Wildman–Crippen LogP) is 1.49. The van der Waals surface area contributed by atoms with Gasteiger partial charge in [0.25, 0.3) is 0 Å². The largest absolute Gasteiger partial charge is 0.454 e. The van der Waals surface area contributed by atoms with Crippen LogP contribution in [-0.2, 0) is 14.8 Å². The van der Waals surface area contributed by atoms with Gasteiger partial charge in [0.05, 0.1) is 11.4 Å². The third-order valence-corrected chi connectivity index (χ3v) is 4.89. The smallest absolute Gasteiger partial charge is 0.241 e. The maximum Gasteiger partial charge on any atom is 0.241 e. The lowest BCUT2D eigenvalue weighted by atomic mass is 10.1. The number of sulfonamides is 1. The van der Waals surface area contributed by atoms with Crippen molar-refractivity contribution in [2.75, 3.05) is 23.4 Å². The van der Waals surface area contributed by atoms with E-state index in [9.17, 15) is 13.2 Å². The summed E-state index contributed by atoms with van der Waals surface area (Å²) in [6.07, 6.45) is 0. The summed E-state index contributed by atoms with van der Waals surface area (Å²) >= 11 is 0. The van der Waals surface area contributed by atoms with Crippen LogP contribution in [-0.4, -0.2) is 39.0 Å². The third-order valence-electron chi connectivity index (χ3n) is 3.15. The highest BCUT2D eigenvalue weighted by Crippen LogP contribution is 2.36. The van der Waals surface area contributed by atoms with Crippen molar-refractivity contribution >= 4 is 21.6 Å². The van der Waals surface area contributed by atoms with Crippen molar-refractivity contribution in [2.24, 2.45) is 0 Å². The number of hydrogen-bond donors (Lipinski definition) is 1. The molecular formula is C15H22N2O5S. The molecule has 0 aliphatic carbocycles. The van der Waals surface area contributed by atoms with Gasteiger partial charge >= 0.3 is 0 Å². The molecule has 0 radical (unpaired) electrons. The molecule has 1 N–H and O–H groups in total. The summed E-state index contributed by atoms with van der Waals surface area (Å²) in [4.78, 5) is 12.2. The highest BCUT2D eigenvalue weighted by molar-refractivity contribution is 7.92. The van der Waals surface area contributed by atoms with E-state index in [1.807, 2.05) is 20.8 Å². The van der Waals surface area contributed by atoms with Gasteiger partial charge in [-0.25, -0.2) is 8.42 Å². The maximum absolute atomic E-state index is 12.4. The molecule has 7 nitrogen and oxygen atoms in total. The van der Waals surface area contributed by atoms with E-state index in [1.54, 1.807) is 18.2 Å². The molecule has 1 aromatic carbocycles. The monoisotopic (exact) mass is 342 g/mol. The fraction of sp³-hybridized carbons (Fsp3) is 0.533. The molecule has 0 unspecified atom stereocenters.